The van der Waals surface area contributed by atoms with Crippen molar-refractivity contribution in [2.45, 2.75) is 27.2 Å². The van der Waals surface area contributed by atoms with Crippen molar-refractivity contribution in [1.29, 1.82) is 0 Å². The SMILES string of the molecule is COC(=O)c1cccc(NC(=O)C(CN)CC(C)C)c1C. The fourth-order valence-corrected chi connectivity index (χ4v) is 2.22. The largest absolute Gasteiger partial charge is 0.465 e. The molecule has 5 nitrogen and oxygen atoms in total. The molecule has 5 heteroatoms. The molecule has 1 aromatic rings. The van der Waals surface area contributed by atoms with E-state index in [1.165, 1.54) is 7.11 Å². The number of carbonyl (C=O) groups is 2. The van der Waals surface area contributed by atoms with Gasteiger partial charge in [-0.15, -0.1) is 0 Å². The van der Waals surface area contributed by atoms with Gasteiger partial charge in [0.1, 0.15) is 0 Å². The first-order chi connectivity index (χ1) is 9.90. The molecule has 0 aliphatic heterocycles. The van der Waals surface area contributed by atoms with Crippen molar-refractivity contribution >= 4 is 17.6 Å². The van der Waals surface area contributed by atoms with Crippen LogP contribution in [0.25, 0.3) is 0 Å². The number of hydrogen-bond donors (Lipinski definition) is 2. The van der Waals surface area contributed by atoms with Gasteiger partial charge < -0.3 is 15.8 Å². The lowest BCUT2D eigenvalue weighted by Gasteiger charge is -2.18. The molecule has 3 N–H and O–H groups in total. The average Bonchev–Trinajstić information content (AvgIpc) is 2.45. The van der Waals surface area contributed by atoms with Gasteiger partial charge in [0.2, 0.25) is 5.91 Å². The van der Waals surface area contributed by atoms with E-state index in [4.69, 9.17) is 10.5 Å². The van der Waals surface area contributed by atoms with Crippen molar-refractivity contribution in [3.63, 3.8) is 0 Å². The Balaban J connectivity index is 2.92. The molecule has 21 heavy (non-hydrogen) atoms. The molecule has 0 heterocycles. The van der Waals surface area contributed by atoms with Gasteiger partial charge in [0.05, 0.1) is 18.6 Å². The Morgan fingerprint density at radius 3 is 2.52 bits per heavy atom. The molecule has 116 valence electrons. The summed E-state index contributed by atoms with van der Waals surface area (Å²) in [7, 11) is 1.33. The van der Waals surface area contributed by atoms with Gasteiger partial charge in [-0.2, -0.15) is 0 Å². The Kier molecular flexibility index (Phi) is 6.37. The van der Waals surface area contributed by atoms with Gasteiger partial charge in [0.15, 0.2) is 0 Å². The molecule has 0 aromatic heterocycles. The molecular formula is C16H24N2O3. The minimum atomic E-state index is -0.416. The molecular weight excluding hydrogens is 268 g/mol. The van der Waals surface area contributed by atoms with Crippen LogP contribution in [0.4, 0.5) is 5.69 Å². The molecule has 1 unspecified atom stereocenters. The van der Waals surface area contributed by atoms with E-state index < -0.39 is 5.97 Å². The van der Waals surface area contributed by atoms with Crippen molar-refractivity contribution in [3.8, 4) is 0 Å². The van der Waals surface area contributed by atoms with Crippen LogP contribution < -0.4 is 11.1 Å². The third kappa shape index (κ3) is 4.56. The standard InChI is InChI=1S/C16H24N2O3/c1-10(2)8-12(9-17)15(19)18-14-7-5-6-13(11(14)3)16(20)21-4/h5-7,10,12H,8-9,17H2,1-4H3,(H,18,19). The second-order valence-corrected chi connectivity index (χ2v) is 5.52. The van der Waals surface area contributed by atoms with Gasteiger partial charge in [-0.05, 0) is 37.0 Å². The third-order valence-corrected chi connectivity index (χ3v) is 3.41. The normalized spacial score (nSPS) is 12.1. The van der Waals surface area contributed by atoms with Crippen LogP contribution in [0, 0.1) is 18.8 Å². The Morgan fingerprint density at radius 2 is 2.00 bits per heavy atom. The summed E-state index contributed by atoms with van der Waals surface area (Å²) in [4.78, 5) is 23.9. The number of rotatable bonds is 6. The summed E-state index contributed by atoms with van der Waals surface area (Å²) in [6, 6.07) is 5.16. The molecule has 1 aromatic carbocycles. The number of ether oxygens (including phenoxy) is 1. The summed E-state index contributed by atoms with van der Waals surface area (Å²) in [5, 5.41) is 2.86. The van der Waals surface area contributed by atoms with Crippen molar-refractivity contribution in [2.75, 3.05) is 19.0 Å². The molecule has 0 bridgehead atoms. The third-order valence-electron chi connectivity index (χ3n) is 3.41. The Bertz CT molecular complexity index is 512. The lowest BCUT2D eigenvalue weighted by Crippen LogP contribution is -2.30. The number of methoxy groups -OCH3 is 1. The number of esters is 1. The maximum Gasteiger partial charge on any atom is 0.338 e. The number of nitrogens with one attached hydrogen (secondary N) is 1. The summed E-state index contributed by atoms with van der Waals surface area (Å²) < 4.78 is 4.73. The average molecular weight is 292 g/mol. The number of nitrogens with two attached hydrogens (primary N) is 1. The van der Waals surface area contributed by atoms with Crippen LogP contribution in [-0.2, 0) is 9.53 Å². The quantitative estimate of drug-likeness (QED) is 0.788. The lowest BCUT2D eigenvalue weighted by atomic mass is 9.96. The van der Waals surface area contributed by atoms with Crippen LogP contribution in [0.1, 0.15) is 36.2 Å². The molecule has 1 atom stereocenters. The van der Waals surface area contributed by atoms with Crippen molar-refractivity contribution < 1.29 is 14.3 Å². The highest BCUT2D eigenvalue weighted by atomic mass is 16.5. The number of amides is 1. The minimum Gasteiger partial charge on any atom is -0.465 e. The molecule has 0 aliphatic rings. The maximum absolute atomic E-state index is 12.3. The first-order valence-electron chi connectivity index (χ1n) is 7.09. The predicted molar refractivity (Wildman–Crippen MR) is 83.1 cm³/mol. The van der Waals surface area contributed by atoms with E-state index >= 15 is 0 Å². The van der Waals surface area contributed by atoms with Gasteiger partial charge in [-0.25, -0.2) is 4.79 Å². The van der Waals surface area contributed by atoms with E-state index in [0.717, 1.165) is 6.42 Å². The van der Waals surface area contributed by atoms with Crippen LogP contribution in [0.5, 0.6) is 0 Å². The zero-order valence-corrected chi connectivity index (χ0v) is 13.1. The van der Waals surface area contributed by atoms with Gasteiger partial charge >= 0.3 is 5.97 Å². The number of hydrogen-bond acceptors (Lipinski definition) is 4. The molecule has 0 fully saturated rings. The summed E-state index contributed by atoms with van der Waals surface area (Å²) in [5.74, 6) is -0.365. The summed E-state index contributed by atoms with van der Waals surface area (Å²) >= 11 is 0. The fraction of sp³-hybridized carbons (Fsp3) is 0.500. The fourth-order valence-electron chi connectivity index (χ4n) is 2.22. The Morgan fingerprint density at radius 1 is 1.33 bits per heavy atom. The van der Waals surface area contributed by atoms with E-state index in [2.05, 4.69) is 19.2 Å². The highest BCUT2D eigenvalue weighted by molar-refractivity contribution is 5.97. The van der Waals surface area contributed by atoms with Gasteiger partial charge in [0.25, 0.3) is 0 Å². The van der Waals surface area contributed by atoms with Crippen LogP contribution in [0.2, 0.25) is 0 Å². The van der Waals surface area contributed by atoms with Crippen LogP contribution >= 0.6 is 0 Å². The Hall–Kier alpha value is -1.88. The molecule has 0 saturated heterocycles. The minimum absolute atomic E-state index is 0.115. The topological polar surface area (TPSA) is 81.4 Å². The van der Waals surface area contributed by atoms with Crippen molar-refractivity contribution in [2.24, 2.45) is 17.6 Å². The number of benzene rings is 1. The second kappa shape index (κ2) is 7.78. The Labute approximate surface area is 125 Å². The number of anilines is 1. The van der Waals surface area contributed by atoms with Gasteiger partial charge in [-0.3, -0.25) is 4.79 Å². The molecule has 0 radical (unpaired) electrons. The van der Waals surface area contributed by atoms with E-state index in [0.29, 0.717) is 29.3 Å². The molecule has 0 spiro atoms. The zero-order chi connectivity index (χ0) is 16.0. The number of carbonyl (C=O) groups excluding carboxylic acids is 2. The molecule has 1 rings (SSSR count). The second-order valence-electron chi connectivity index (χ2n) is 5.52. The van der Waals surface area contributed by atoms with E-state index in [1.807, 2.05) is 0 Å². The van der Waals surface area contributed by atoms with Crippen molar-refractivity contribution in [1.82, 2.24) is 0 Å². The monoisotopic (exact) mass is 292 g/mol. The van der Waals surface area contributed by atoms with Crippen LogP contribution in [-0.4, -0.2) is 25.5 Å². The predicted octanol–water partition coefficient (Wildman–Crippen LogP) is 2.34. The molecule has 1 amide bonds. The van der Waals surface area contributed by atoms with Gasteiger partial charge in [0, 0.05) is 12.2 Å². The van der Waals surface area contributed by atoms with E-state index in [9.17, 15) is 9.59 Å². The van der Waals surface area contributed by atoms with E-state index in [1.54, 1.807) is 25.1 Å². The summed E-state index contributed by atoms with van der Waals surface area (Å²) in [5.41, 5.74) is 7.43. The highest BCUT2D eigenvalue weighted by Gasteiger charge is 2.20. The van der Waals surface area contributed by atoms with Gasteiger partial charge in [-0.1, -0.05) is 19.9 Å². The maximum atomic E-state index is 12.3. The summed E-state index contributed by atoms with van der Waals surface area (Å²) in [6.45, 7) is 6.19. The highest BCUT2D eigenvalue weighted by Crippen LogP contribution is 2.21. The molecule has 0 saturated carbocycles. The zero-order valence-electron chi connectivity index (χ0n) is 13.1. The smallest absolute Gasteiger partial charge is 0.338 e. The van der Waals surface area contributed by atoms with Crippen LogP contribution in [0.15, 0.2) is 18.2 Å². The van der Waals surface area contributed by atoms with Crippen LogP contribution in [0.3, 0.4) is 0 Å². The lowest BCUT2D eigenvalue weighted by molar-refractivity contribution is -0.120. The first kappa shape index (κ1) is 17.2. The molecule has 0 aliphatic carbocycles. The van der Waals surface area contributed by atoms with E-state index in [-0.39, 0.29) is 11.8 Å². The first-order valence-corrected chi connectivity index (χ1v) is 7.09. The van der Waals surface area contributed by atoms with Crippen molar-refractivity contribution in [3.05, 3.63) is 29.3 Å². The summed E-state index contributed by atoms with van der Waals surface area (Å²) in [6.07, 6.45) is 0.734.